The van der Waals surface area contributed by atoms with E-state index in [0.29, 0.717) is 31.7 Å². The van der Waals surface area contributed by atoms with Crippen LogP contribution in [-0.4, -0.2) is 59.0 Å². The molecule has 2 aliphatic rings. The van der Waals surface area contributed by atoms with Crippen molar-refractivity contribution in [2.24, 2.45) is 11.8 Å². The van der Waals surface area contributed by atoms with Gasteiger partial charge in [-0.05, 0) is 56.2 Å². The first kappa shape index (κ1) is 29.3. The van der Waals surface area contributed by atoms with Crippen LogP contribution in [0, 0.1) is 11.8 Å². The molecule has 4 aromatic rings. The highest BCUT2D eigenvalue weighted by molar-refractivity contribution is 7.18. The lowest BCUT2D eigenvalue weighted by molar-refractivity contribution is -0.184. The zero-order valence-electron chi connectivity index (χ0n) is 23.5. The van der Waals surface area contributed by atoms with E-state index >= 15 is 0 Å². The number of thiophene rings is 1. The molecule has 226 valence electrons. The lowest BCUT2D eigenvalue weighted by Crippen LogP contribution is -2.47. The summed E-state index contributed by atoms with van der Waals surface area (Å²) in [4.78, 5) is 34.1. The second-order valence-electron chi connectivity index (χ2n) is 11.0. The number of hydrogen-bond donors (Lipinski definition) is 0. The van der Waals surface area contributed by atoms with E-state index in [0.717, 1.165) is 27.3 Å². The van der Waals surface area contributed by atoms with E-state index in [1.807, 2.05) is 48.7 Å². The minimum atomic E-state index is -4.26. The van der Waals surface area contributed by atoms with Crippen LogP contribution in [0.3, 0.4) is 0 Å². The third-order valence-electron chi connectivity index (χ3n) is 8.38. The van der Waals surface area contributed by atoms with Gasteiger partial charge in [-0.1, -0.05) is 24.3 Å². The summed E-state index contributed by atoms with van der Waals surface area (Å²) in [6.07, 6.45) is 0.585. The highest BCUT2D eigenvalue weighted by Crippen LogP contribution is 2.43. The Morgan fingerprint density at radius 1 is 1.02 bits per heavy atom. The summed E-state index contributed by atoms with van der Waals surface area (Å²) in [5, 5.41) is 4.57. The van der Waals surface area contributed by atoms with E-state index in [4.69, 9.17) is 9.47 Å². The number of esters is 1. The molecular weight excluding hydrogens is 581 g/mol. The Labute approximate surface area is 250 Å². The molecule has 1 aliphatic carbocycles. The zero-order chi connectivity index (χ0) is 30.1. The average Bonchev–Trinajstić information content (AvgIpc) is 3.66. The predicted octanol–water partition coefficient (Wildman–Crippen LogP) is 6.79. The number of halogens is 3. The van der Waals surface area contributed by atoms with E-state index in [2.05, 4.69) is 10.1 Å². The Morgan fingerprint density at radius 3 is 2.37 bits per heavy atom. The fourth-order valence-electron chi connectivity index (χ4n) is 6.02. The van der Waals surface area contributed by atoms with Crippen molar-refractivity contribution in [1.82, 2.24) is 14.6 Å². The molecule has 4 heterocycles. The number of methoxy groups -OCH3 is 1. The molecule has 43 heavy (non-hydrogen) atoms. The summed E-state index contributed by atoms with van der Waals surface area (Å²) in [6.45, 7) is 0.916. The van der Waals surface area contributed by atoms with Gasteiger partial charge in [-0.25, -0.2) is 14.3 Å². The summed E-state index contributed by atoms with van der Waals surface area (Å²) >= 11 is 1.23. The molecule has 1 saturated carbocycles. The number of carbonyl (C=O) groups excluding carboxylic acids is 2. The number of anilines is 1. The molecule has 1 saturated heterocycles. The van der Waals surface area contributed by atoms with Gasteiger partial charge in [0.25, 0.3) is 0 Å². The van der Waals surface area contributed by atoms with E-state index in [9.17, 15) is 22.8 Å². The average molecular weight is 613 g/mol. The normalized spacial score (nSPS) is 19.8. The first-order chi connectivity index (χ1) is 20.7. The van der Waals surface area contributed by atoms with Crippen LogP contribution in [-0.2, 0) is 14.3 Å². The lowest BCUT2D eigenvalue weighted by Gasteiger charge is -2.38. The van der Waals surface area contributed by atoms with Gasteiger partial charge < -0.3 is 14.4 Å². The number of hydrogen-bond acceptors (Lipinski definition) is 7. The van der Waals surface area contributed by atoms with Gasteiger partial charge in [-0.3, -0.25) is 4.79 Å². The third-order valence-corrected chi connectivity index (χ3v) is 9.53. The molecule has 1 aromatic carbocycles. The molecule has 8 nitrogen and oxygen atoms in total. The molecule has 2 fully saturated rings. The van der Waals surface area contributed by atoms with E-state index < -0.39 is 24.0 Å². The van der Waals surface area contributed by atoms with Gasteiger partial charge in [0.05, 0.1) is 24.4 Å². The topological polar surface area (TPSA) is 86.0 Å². The van der Waals surface area contributed by atoms with Gasteiger partial charge in [-0.2, -0.15) is 18.3 Å². The van der Waals surface area contributed by atoms with Crippen LogP contribution in [0.25, 0.3) is 27.3 Å². The number of ether oxygens (including phenoxy) is 2. The molecule has 0 radical (unpaired) electrons. The number of rotatable bonds is 6. The molecular formula is C31H31F3N4O4S. The van der Waals surface area contributed by atoms with Crippen molar-refractivity contribution in [3.63, 3.8) is 0 Å². The Balaban J connectivity index is 1.32. The van der Waals surface area contributed by atoms with Crippen molar-refractivity contribution in [3.05, 3.63) is 59.7 Å². The number of nitrogens with zero attached hydrogens (tertiary/aromatic N) is 4. The first-order valence-electron chi connectivity index (χ1n) is 14.3. The zero-order valence-corrected chi connectivity index (χ0v) is 24.4. The Kier molecular flexibility index (Phi) is 8.23. The van der Waals surface area contributed by atoms with Crippen molar-refractivity contribution in [1.29, 1.82) is 0 Å². The quantitative estimate of drug-likeness (QED) is 0.223. The van der Waals surface area contributed by atoms with Crippen LogP contribution >= 0.6 is 11.3 Å². The number of carbonyl (C=O) groups is 2. The van der Waals surface area contributed by atoms with E-state index in [1.165, 1.54) is 18.4 Å². The number of alkyl halides is 3. The first-order valence-corrected chi connectivity index (χ1v) is 15.2. The highest BCUT2D eigenvalue weighted by atomic mass is 32.1. The number of benzene rings is 1. The van der Waals surface area contributed by atoms with Crippen LogP contribution in [0.5, 0.6) is 0 Å². The van der Waals surface area contributed by atoms with Crippen molar-refractivity contribution in [2.45, 2.75) is 50.7 Å². The maximum Gasteiger partial charge on any atom is 0.391 e. The van der Waals surface area contributed by atoms with Gasteiger partial charge >= 0.3 is 12.1 Å². The smallest absolute Gasteiger partial charge is 0.391 e. The summed E-state index contributed by atoms with van der Waals surface area (Å²) in [5.74, 6) is -2.73. The van der Waals surface area contributed by atoms with Crippen LogP contribution < -0.4 is 4.90 Å². The Morgan fingerprint density at radius 2 is 1.72 bits per heavy atom. The predicted molar refractivity (Wildman–Crippen MR) is 156 cm³/mol. The second kappa shape index (κ2) is 12.1. The van der Waals surface area contributed by atoms with Crippen molar-refractivity contribution < 1.29 is 32.2 Å². The maximum absolute atomic E-state index is 14.1. The number of amides is 1. The fraction of sp³-hybridized carbons (Fsp3) is 0.419. The van der Waals surface area contributed by atoms with Crippen molar-refractivity contribution in [3.8, 4) is 21.7 Å². The van der Waals surface area contributed by atoms with Gasteiger partial charge in [0, 0.05) is 54.1 Å². The molecule has 0 atom stereocenters. The SMILES string of the molecule is COC(=O)c1sc(-c2ccc(-c3cc4ncccn4n3)cc2)cc1N(C(=O)C1CCC(C(F)(F)F)CC1)C1CCOCC1. The molecule has 3 aromatic heterocycles. The van der Waals surface area contributed by atoms with Crippen LogP contribution in [0.1, 0.15) is 48.2 Å². The highest BCUT2D eigenvalue weighted by Gasteiger charge is 2.44. The van der Waals surface area contributed by atoms with Crippen LogP contribution in [0.2, 0.25) is 0 Å². The van der Waals surface area contributed by atoms with Gasteiger partial charge in [0.2, 0.25) is 5.91 Å². The fourth-order valence-corrected chi connectivity index (χ4v) is 7.09. The van der Waals surface area contributed by atoms with Crippen molar-refractivity contribution >= 4 is 34.5 Å². The summed E-state index contributed by atoms with van der Waals surface area (Å²) in [6, 6.07) is 13.0. The maximum atomic E-state index is 14.1. The summed E-state index contributed by atoms with van der Waals surface area (Å²) in [7, 11) is 1.29. The lowest BCUT2D eigenvalue weighted by atomic mass is 9.80. The van der Waals surface area contributed by atoms with Crippen LogP contribution in [0.4, 0.5) is 18.9 Å². The largest absolute Gasteiger partial charge is 0.465 e. The molecule has 0 spiro atoms. The molecule has 6 rings (SSSR count). The Hall–Kier alpha value is -3.77. The number of fused-ring (bicyclic) bond motifs is 1. The van der Waals surface area contributed by atoms with E-state index in [1.54, 1.807) is 15.6 Å². The molecule has 0 bridgehead atoms. The molecule has 12 heteroatoms. The minimum Gasteiger partial charge on any atom is -0.465 e. The second-order valence-corrected chi connectivity index (χ2v) is 12.0. The standard InChI is InChI=1S/C31H31F3N4O4S/c1-41-30(40)28-25(38(23-11-15-42-16-12-23)29(39)21-7-9-22(10-8-21)31(32,33)34)18-26(43-28)20-5-3-19(4-6-20)24-17-27-35-13-2-14-37(27)36-24/h2-6,13-14,17-18,21-23H,7-12,15-16H2,1H3. The monoisotopic (exact) mass is 612 g/mol. The van der Waals surface area contributed by atoms with Gasteiger partial charge in [-0.15, -0.1) is 11.3 Å². The molecule has 0 unspecified atom stereocenters. The molecule has 1 amide bonds. The minimum absolute atomic E-state index is 0.0744. The third kappa shape index (κ3) is 6.03. The van der Waals surface area contributed by atoms with E-state index in [-0.39, 0.29) is 42.5 Å². The van der Waals surface area contributed by atoms with Gasteiger partial charge in [0.15, 0.2) is 5.65 Å². The molecule has 0 N–H and O–H groups in total. The van der Waals surface area contributed by atoms with Crippen molar-refractivity contribution in [2.75, 3.05) is 25.2 Å². The van der Waals surface area contributed by atoms with Crippen LogP contribution in [0.15, 0.2) is 54.9 Å². The Bertz CT molecular complexity index is 1570. The van der Waals surface area contributed by atoms with Gasteiger partial charge in [0.1, 0.15) is 4.88 Å². The molecule has 1 aliphatic heterocycles. The number of aromatic nitrogens is 3. The summed E-state index contributed by atoms with van der Waals surface area (Å²) < 4.78 is 52.4. The summed E-state index contributed by atoms with van der Waals surface area (Å²) in [5.41, 5.74) is 3.68.